The number of ether oxygens (including phenoxy) is 1. The Bertz CT molecular complexity index is 223. The fourth-order valence-electron chi connectivity index (χ4n) is 0.331. The fraction of sp³-hybridized carbons (Fsp3) is 0.250. The zero-order valence-electron chi connectivity index (χ0n) is 8.59. The molecule has 0 aliphatic rings. The van der Waals surface area contributed by atoms with Crippen LogP contribution in [0.2, 0.25) is 0 Å². The molecule has 0 radical (unpaired) electrons. The Kier molecular flexibility index (Phi) is 8.59. The smallest absolute Gasteiger partial charge is 1.00 e. The van der Waals surface area contributed by atoms with Gasteiger partial charge in [-0.3, -0.25) is 0 Å². The van der Waals surface area contributed by atoms with Gasteiger partial charge in [-0.1, -0.05) is 12.7 Å². The molecule has 0 bridgehead atoms. The third-order valence-corrected chi connectivity index (χ3v) is 1.11. The summed E-state index contributed by atoms with van der Waals surface area (Å²) in [5.74, 6) is -1.35. The first-order valence-electron chi connectivity index (χ1n) is 3.13. The molecule has 0 aromatic rings. The molecule has 0 spiro atoms. The molecule has 0 unspecified atom stereocenters. The molecule has 0 N–H and O–H groups in total. The summed E-state index contributed by atoms with van der Waals surface area (Å²) < 4.78 is 4.29. The number of carbonyl (C=O) groups excluding carboxylic acids is 2. The second-order valence-corrected chi connectivity index (χ2v) is 1.88. The number of esters is 2. The average molecular weight is 178 g/mol. The van der Waals surface area contributed by atoms with Gasteiger partial charge in [0.05, 0.1) is 0 Å². The van der Waals surface area contributed by atoms with Crippen LogP contribution in [0.3, 0.4) is 0 Å². The maximum atomic E-state index is 10.8. The first kappa shape index (κ1) is 14.2. The molecule has 0 amide bonds. The molecule has 0 rings (SSSR count). The molecular formula is C8H11NaO3. The second kappa shape index (κ2) is 7.28. The maximum Gasteiger partial charge on any atom is 1.00 e. The van der Waals surface area contributed by atoms with Crippen LogP contribution in [-0.4, -0.2) is 11.9 Å². The zero-order chi connectivity index (χ0) is 8.85. The van der Waals surface area contributed by atoms with Crippen LogP contribution >= 0.6 is 0 Å². The van der Waals surface area contributed by atoms with Gasteiger partial charge in [-0.15, -0.1) is 0 Å². The van der Waals surface area contributed by atoms with Crippen LogP contribution in [-0.2, 0) is 14.3 Å². The monoisotopic (exact) mass is 178 g/mol. The van der Waals surface area contributed by atoms with Crippen LogP contribution in [0.4, 0.5) is 0 Å². The summed E-state index contributed by atoms with van der Waals surface area (Å²) >= 11 is 0. The van der Waals surface area contributed by atoms with E-state index in [1.54, 1.807) is 19.9 Å². The summed E-state index contributed by atoms with van der Waals surface area (Å²) in [6.45, 7) is 6.41. The molecule has 0 aromatic heterocycles. The van der Waals surface area contributed by atoms with Crippen molar-refractivity contribution in [1.82, 2.24) is 0 Å². The topological polar surface area (TPSA) is 43.4 Å². The van der Waals surface area contributed by atoms with Crippen molar-refractivity contribution >= 4 is 11.9 Å². The fourth-order valence-corrected chi connectivity index (χ4v) is 0.331. The number of allylic oxidation sites excluding steroid dienone is 1. The molecule has 12 heavy (non-hydrogen) atoms. The Morgan fingerprint density at radius 1 is 1.50 bits per heavy atom. The van der Waals surface area contributed by atoms with Crippen molar-refractivity contribution in [3.05, 3.63) is 24.3 Å². The Balaban J connectivity index is -0.000000500. The predicted octanol–water partition coefficient (Wildman–Crippen LogP) is -1.68. The molecule has 0 saturated heterocycles. The van der Waals surface area contributed by atoms with E-state index in [1.807, 2.05) is 0 Å². The molecule has 0 fully saturated rings. The molecule has 0 aliphatic heterocycles. The molecule has 0 heterocycles. The standard InChI is InChI=1S/C8H10O3.Na.H/c1-4-6(3)8(10)11-7(9)5-2;;/h4-5H,2H2,1,3H3;;/q;+1;-1. The predicted molar refractivity (Wildman–Crippen MR) is 41.8 cm³/mol. The largest absolute Gasteiger partial charge is 1.00 e. The van der Waals surface area contributed by atoms with E-state index in [4.69, 9.17) is 0 Å². The van der Waals surface area contributed by atoms with E-state index in [0.29, 0.717) is 5.57 Å². The Morgan fingerprint density at radius 2 is 2.00 bits per heavy atom. The van der Waals surface area contributed by atoms with Gasteiger partial charge in [0.25, 0.3) is 0 Å². The molecule has 0 atom stereocenters. The van der Waals surface area contributed by atoms with E-state index in [-0.39, 0.29) is 31.0 Å². The summed E-state index contributed by atoms with van der Waals surface area (Å²) in [7, 11) is 0. The van der Waals surface area contributed by atoms with Crippen molar-refractivity contribution in [3.8, 4) is 0 Å². The minimum absolute atomic E-state index is 0. The Hall–Kier alpha value is -0.380. The van der Waals surface area contributed by atoms with Crippen molar-refractivity contribution < 1.29 is 45.3 Å². The molecule has 4 heteroatoms. The van der Waals surface area contributed by atoms with Gasteiger partial charge in [0.1, 0.15) is 0 Å². The van der Waals surface area contributed by atoms with Crippen molar-refractivity contribution in [1.29, 1.82) is 0 Å². The summed E-state index contributed by atoms with van der Waals surface area (Å²) in [6.07, 6.45) is 2.51. The van der Waals surface area contributed by atoms with Crippen LogP contribution in [0.5, 0.6) is 0 Å². The maximum absolute atomic E-state index is 10.8. The zero-order valence-corrected chi connectivity index (χ0v) is 9.59. The van der Waals surface area contributed by atoms with Gasteiger partial charge >= 0.3 is 41.5 Å². The van der Waals surface area contributed by atoms with Crippen molar-refractivity contribution in [2.24, 2.45) is 0 Å². The van der Waals surface area contributed by atoms with E-state index in [0.717, 1.165) is 6.08 Å². The van der Waals surface area contributed by atoms with E-state index >= 15 is 0 Å². The third kappa shape index (κ3) is 5.29. The van der Waals surface area contributed by atoms with Gasteiger partial charge in [-0.25, -0.2) is 9.59 Å². The summed E-state index contributed by atoms with van der Waals surface area (Å²) in [5.41, 5.74) is 0.403. The second-order valence-electron chi connectivity index (χ2n) is 1.88. The van der Waals surface area contributed by atoms with Gasteiger partial charge < -0.3 is 6.16 Å². The van der Waals surface area contributed by atoms with E-state index in [1.165, 1.54) is 0 Å². The summed E-state index contributed by atoms with van der Waals surface area (Å²) in [6, 6.07) is 0. The van der Waals surface area contributed by atoms with Crippen molar-refractivity contribution in [3.63, 3.8) is 0 Å². The normalized spacial score (nSPS) is 9.67. The van der Waals surface area contributed by atoms with Crippen LogP contribution < -0.4 is 29.6 Å². The minimum Gasteiger partial charge on any atom is -1.00 e. The average Bonchev–Trinajstić information content (AvgIpc) is 2.02. The quantitative estimate of drug-likeness (QED) is 0.220. The number of carbonyl (C=O) groups is 2. The molecule has 0 aliphatic carbocycles. The van der Waals surface area contributed by atoms with Gasteiger partial charge in [0, 0.05) is 11.6 Å². The van der Waals surface area contributed by atoms with E-state index in [9.17, 15) is 9.59 Å². The van der Waals surface area contributed by atoms with Crippen LogP contribution in [0, 0.1) is 0 Å². The van der Waals surface area contributed by atoms with Gasteiger partial charge in [-0.2, -0.15) is 0 Å². The van der Waals surface area contributed by atoms with Crippen LogP contribution in [0.1, 0.15) is 15.3 Å². The number of hydrogen-bond acceptors (Lipinski definition) is 3. The molecule has 0 saturated carbocycles. The number of rotatable bonds is 2. The van der Waals surface area contributed by atoms with Crippen LogP contribution in [0.15, 0.2) is 24.3 Å². The Morgan fingerprint density at radius 3 is 2.33 bits per heavy atom. The molecular weight excluding hydrogens is 167 g/mol. The SMILES string of the molecule is C=CC(=O)OC(=O)C(C)=CC.[H-].[Na+]. The minimum atomic E-state index is -0.726. The number of hydrogen-bond donors (Lipinski definition) is 0. The van der Waals surface area contributed by atoms with Crippen molar-refractivity contribution in [2.45, 2.75) is 13.8 Å². The first-order chi connectivity index (χ1) is 5.11. The Labute approximate surface area is 95.2 Å². The first-order valence-corrected chi connectivity index (χ1v) is 3.13. The van der Waals surface area contributed by atoms with Crippen LogP contribution in [0.25, 0.3) is 0 Å². The molecule has 3 nitrogen and oxygen atoms in total. The van der Waals surface area contributed by atoms with Crippen molar-refractivity contribution in [2.75, 3.05) is 0 Å². The van der Waals surface area contributed by atoms with E-state index in [2.05, 4.69) is 11.3 Å². The third-order valence-electron chi connectivity index (χ3n) is 1.11. The van der Waals surface area contributed by atoms with Gasteiger partial charge in [-0.05, 0) is 13.8 Å². The molecule has 62 valence electrons. The molecule has 0 aromatic carbocycles. The van der Waals surface area contributed by atoms with E-state index < -0.39 is 11.9 Å². The summed E-state index contributed by atoms with van der Waals surface area (Å²) in [4.78, 5) is 21.2. The van der Waals surface area contributed by atoms with Gasteiger partial charge in [0.2, 0.25) is 0 Å². The summed E-state index contributed by atoms with van der Waals surface area (Å²) in [5, 5.41) is 0. The van der Waals surface area contributed by atoms with Gasteiger partial charge in [0.15, 0.2) is 0 Å².